The number of carbonyl (C=O) groups is 14. The van der Waals surface area contributed by atoms with E-state index in [-0.39, 0.29) is 55.0 Å². The molecule has 4 unspecified atom stereocenters. The summed E-state index contributed by atoms with van der Waals surface area (Å²) in [7, 11) is 0. The Balaban J connectivity index is 2.59. The maximum Gasteiger partial charge on any atom is 0.411 e. The van der Waals surface area contributed by atoms with E-state index >= 15 is 0 Å². The van der Waals surface area contributed by atoms with E-state index in [0.717, 1.165) is 55.4 Å². The normalized spacial score (nSPS) is 12.7. The van der Waals surface area contributed by atoms with E-state index in [1.54, 1.807) is 136 Å². The van der Waals surface area contributed by atoms with Gasteiger partial charge in [0.05, 0.1) is 86.1 Å². The van der Waals surface area contributed by atoms with Crippen LogP contribution in [0.1, 0.15) is 104 Å². The van der Waals surface area contributed by atoms with Crippen molar-refractivity contribution < 1.29 is 120 Å². The highest BCUT2D eigenvalue weighted by atomic mass is 127. The smallest absolute Gasteiger partial charge is 0.411 e. The van der Waals surface area contributed by atoms with Crippen LogP contribution in [0.25, 0.3) is 0 Å². The van der Waals surface area contributed by atoms with Crippen molar-refractivity contribution >= 4 is 230 Å². The van der Waals surface area contributed by atoms with Gasteiger partial charge in [-0.05, 0) is 136 Å². The Morgan fingerprint density at radius 2 is 0.580 bits per heavy atom. The minimum absolute atomic E-state index is 0.0232. The molecule has 0 saturated heterocycles. The molecule has 0 heterocycles. The highest BCUT2D eigenvalue weighted by molar-refractivity contribution is 14.1. The molecule has 2 aromatic rings. The first kappa shape index (κ1) is 79.1. The maximum absolute atomic E-state index is 14.1. The van der Waals surface area contributed by atoms with Gasteiger partial charge in [0.15, 0.2) is 24.4 Å². The number of halogens is 6. The minimum atomic E-state index is -1.58. The van der Waals surface area contributed by atoms with Crippen molar-refractivity contribution in [2.24, 2.45) is 5.41 Å². The number of amides is 6. The number of hydrogen-bond donors (Lipinski definition) is 7. The van der Waals surface area contributed by atoms with E-state index in [4.69, 9.17) is 47.4 Å². The van der Waals surface area contributed by atoms with Crippen LogP contribution >= 0.6 is 136 Å². The monoisotopic (exact) mass is 1920 g/mol. The third kappa shape index (κ3) is 27.2. The number of carbonyl (C=O) groups excluding carboxylic acids is 14. The minimum Gasteiger partial charge on any atom is -0.462 e. The summed E-state index contributed by atoms with van der Waals surface area (Å²) in [5.74, 6) is -9.35. The molecule has 4 atom stereocenters. The number of aliphatic hydroxyl groups is 1. The number of hydrogen-bond acceptors (Lipinski definition) is 25. The largest absolute Gasteiger partial charge is 0.462 e. The molecule has 0 saturated carbocycles. The predicted octanol–water partition coefficient (Wildman–Crippen LogP) is 4.01. The van der Waals surface area contributed by atoms with Crippen LogP contribution in [0.15, 0.2) is 0 Å². The lowest BCUT2D eigenvalue weighted by molar-refractivity contribution is -0.155. The molecule has 0 bridgehead atoms. The van der Waals surface area contributed by atoms with E-state index in [9.17, 15) is 72.2 Å². The van der Waals surface area contributed by atoms with Gasteiger partial charge in [-0.3, -0.25) is 68.2 Å². The van der Waals surface area contributed by atoms with Gasteiger partial charge in [0.25, 0.3) is 23.6 Å². The summed E-state index contributed by atoms with van der Waals surface area (Å²) in [6, 6.07) is 0. The van der Waals surface area contributed by atoms with Crippen LogP contribution in [0.3, 0.4) is 0 Å². The first-order valence-electron chi connectivity index (χ1n) is 25.3. The van der Waals surface area contributed by atoms with Gasteiger partial charge in [0.1, 0.15) is 39.6 Å². The van der Waals surface area contributed by atoms with Crippen molar-refractivity contribution in [2.45, 2.75) is 86.7 Å². The molecule has 2 aromatic carbocycles. The number of ether oxygens (including phenoxy) is 10. The zero-order chi connectivity index (χ0) is 66.9. The number of nitrogens with one attached hydrogen (secondary N) is 6. The second-order valence-electron chi connectivity index (χ2n) is 18.5. The quantitative estimate of drug-likeness (QED) is 0.0318. The van der Waals surface area contributed by atoms with Crippen LogP contribution in [-0.2, 0) is 85.7 Å². The zero-order valence-corrected chi connectivity index (χ0v) is 61.0. The average molecular weight is 1920 g/mol. The Bertz CT molecular complexity index is 2670. The van der Waals surface area contributed by atoms with E-state index < -0.39 is 186 Å². The molecule has 31 nitrogen and oxygen atoms in total. The lowest BCUT2D eigenvalue weighted by Gasteiger charge is -2.27. The molecular formula is C51H60I6N6O25. The van der Waals surface area contributed by atoms with Crippen molar-refractivity contribution in [2.75, 3.05) is 83.1 Å². The standard InChI is InChI=1S/C51H60I6N6O25/c1-21(65)79-14-29(85-25(5)69)10-58-45(73)33-37(52)34(46(74)59-11-30(86-26(6)70)15-80-22(2)66)40(55)43(39(33)54)62-49(77)83-19-51(9,18-64)20-84-50(78)63-44-41(56)35(47(75)60-12-31(87-27(7)71)16-81-23(3)67)38(53)36(42(44)57)48(76)61-13-32(88-28(8)72)17-82-24(4)68/h29-32,64H,10-20H2,1-9H3,(H,58,73)(H,59,74)(H,60,75)(H,61,76)(H,62,77)(H,63,78). The summed E-state index contributed by atoms with van der Waals surface area (Å²) in [4.78, 5) is 177. The van der Waals surface area contributed by atoms with Gasteiger partial charge in [0.2, 0.25) is 0 Å². The van der Waals surface area contributed by atoms with Gasteiger partial charge < -0.3 is 73.7 Å². The molecule has 486 valence electrons. The lowest BCUT2D eigenvalue weighted by Crippen LogP contribution is -2.40. The van der Waals surface area contributed by atoms with Crippen molar-refractivity contribution in [3.05, 3.63) is 43.7 Å². The third-order valence-electron chi connectivity index (χ3n) is 10.7. The molecule has 0 aromatic heterocycles. The first-order valence-corrected chi connectivity index (χ1v) is 31.7. The average Bonchev–Trinajstić information content (AvgIpc) is 3.60. The van der Waals surface area contributed by atoms with E-state index in [1.807, 2.05) is 0 Å². The number of anilines is 2. The Labute approximate surface area is 584 Å². The number of rotatable bonds is 31. The Morgan fingerprint density at radius 3 is 0.761 bits per heavy atom. The fraction of sp³-hybridized carbons (Fsp3) is 0.490. The van der Waals surface area contributed by atoms with Gasteiger partial charge in [0, 0.05) is 62.5 Å². The molecule has 0 aliphatic rings. The molecule has 6 amide bonds. The van der Waals surface area contributed by atoms with Gasteiger partial charge in [-0.25, -0.2) is 9.59 Å². The molecule has 0 spiro atoms. The summed E-state index contributed by atoms with van der Waals surface area (Å²) in [5.41, 5.74) is -2.68. The zero-order valence-electron chi connectivity index (χ0n) is 48.1. The van der Waals surface area contributed by atoms with Crippen LogP contribution in [0.2, 0.25) is 0 Å². The second kappa shape index (κ2) is 38.6. The molecule has 0 fully saturated rings. The Morgan fingerprint density at radius 1 is 0.364 bits per heavy atom. The van der Waals surface area contributed by atoms with Crippen LogP contribution in [-0.4, -0.2) is 186 Å². The summed E-state index contributed by atoms with van der Waals surface area (Å²) >= 11 is 10.4. The topological polar surface area (TPSA) is 424 Å². The molecule has 88 heavy (non-hydrogen) atoms. The molecule has 7 N–H and O–H groups in total. The van der Waals surface area contributed by atoms with E-state index in [0.29, 0.717) is 0 Å². The molecule has 0 radical (unpaired) electrons. The Hall–Kier alpha value is -5.04. The maximum atomic E-state index is 14.1. The predicted molar refractivity (Wildman–Crippen MR) is 352 cm³/mol. The fourth-order valence-corrected chi connectivity index (χ4v) is 15.6. The van der Waals surface area contributed by atoms with Crippen molar-refractivity contribution in [3.63, 3.8) is 0 Å². The molecule has 0 aliphatic carbocycles. The first-order chi connectivity index (χ1) is 41.0. The summed E-state index contributed by atoms with van der Waals surface area (Å²) in [6.07, 6.45) is -7.09. The molecular weight excluding hydrogens is 1860 g/mol. The van der Waals surface area contributed by atoms with Crippen molar-refractivity contribution in [1.29, 1.82) is 0 Å². The molecule has 37 heteroatoms. The summed E-state index contributed by atoms with van der Waals surface area (Å²) in [5, 5.41) is 25.9. The lowest BCUT2D eigenvalue weighted by atomic mass is 9.94. The van der Waals surface area contributed by atoms with Crippen molar-refractivity contribution in [1.82, 2.24) is 21.3 Å². The highest BCUT2D eigenvalue weighted by Gasteiger charge is 2.34. The number of esters is 8. The van der Waals surface area contributed by atoms with Gasteiger partial charge in [-0.15, -0.1) is 0 Å². The van der Waals surface area contributed by atoms with Gasteiger partial charge in [-0.2, -0.15) is 0 Å². The van der Waals surface area contributed by atoms with E-state index in [1.165, 1.54) is 6.92 Å². The fourth-order valence-electron chi connectivity index (χ4n) is 6.73. The Kier molecular flexibility index (Phi) is 34.7. The van der Waals surface area contributed by atoms with Crippen LogP contribution < -0.4 is 31.9 Å². The number of benzene rings is 2. The SMILES string of the molecule is CC(=O)OCC(CNC(=O)c1c(I)c(NC(=O)OCC(C)(CO)COC(=O)Nc2c(I)c(C(=O)NCC(COC(C)=O)OC(C)=O)c(I)c(C(=O)NCC(COC(C)=O)OC(C)=O)c2I)c(I)c(C(=O)NCC(COC(C)=O)OC(C)=O)c1I)OC(C)=O. The van der Waals surface area contributed by atoms with Crippen LogP contribution in [0.4, 0.5) is 21.0 Å². The second-order valence-corrected chi connectivity index (χ2v) is 25.0. The van der Waals surface area contributed by atoms with Gasteiger partial charge in [-0.1, -0.05) is 6.92 Å². The molecule has 0 aliphatic heterocycles. The van der Waals surface area contributed by atoms with Gasteiger partial charge >= 0.3 is 59.9 Å². The van der Waals surface area contributed by atoms with Crippen LogP contribution in [0, 0.1) is 26.8 Å². The van der Waals surface area contributed by atoms with Crippen LogP contribution in [0.5, 0.6) is 0 Å². The number of aliphatic hydroxyl groups excluding tert-OH is 1. The molecule has 2 rings (SSSR count). The van der Waals surface area contributed by atoms with E-state index in [2.05, 4.69) is 31.9 Å². The summed E-state index contributed by atoms with van der Waals surface area (Å²) in [6.45, 7) is 4.69. The van der Waals surface area contributed by atoms with Crippen molar-refractivity contribution in [3.8, 4) is 0 Å². The third-order valence-corrected chi connectivity index (χ3v) is 17.1. The summed E-state index contributed by atoms with van der Waals surface area (Å²) < 4.78 is 51.9. The highest BCUT2D eigenvalue weighted by Crippen LogP contribution is 2.38.